The van der Waals surface area contributed by atoms with Crippen molar-refractivity contribution in [2.75, 3.05) is 31.1 Å². The molecule has 3 aliphatic heterocycles. The molecule has 4 amide bonds. The molecule has 9 heteroatoms. The fraction of sp³-hybridized carbons (Fsp3) is 0.565. The molecule has 0 aromatic heterocycles. The number of rotatable bonds is 3. The van der Waals surface area contributed by atoms with Crippen molar-refractivity contribution in [2.24, 2.45) is 5.73 Å². The molecule has 3 N–H and O–H groups in total. The van der Waals surface area contributed by atoms with Crippen LogP contribution in [0.2, 0.25) is 0 Å². The van der Waals surface area contributed by atoms with Crippen LogP contribution in [0, 0.1) is 0 Å². The van der Waals surface area contributed by atoms with Gasteiger partial charge in [0.25, 0.3) is 11.8 Å². The second-order valence-corrected chi connectivity index (χ2v) is 9.24. The minimum atomic E-state index is -0.942. The van der Waals surface area contributed by atoms with E-state index in [9.17, 15) is 19.2 Å². The lowest BCUT2D eigenvalue weighted by Gasteiger charge is -2.42. The molecule has 32 heavy (non-hydrogen) atoms. The second kappa shape index (κ2) is 8.29. The van der Waals surface area contributed by atoms with Crippen LogP contribution < -0.4 is 16.0 Å². The molecule has 0 radical (unpaired) electrons. The van der Waals surface area contributed by atoms with E-state index in [4.69, 9.17) is 5.73 Å². The van der Waals surface area contributed by atoms with Gasteiger partial charge in [-0.2, -0.15) is 0 Å². The fourth-order valence-electron chi connectivity index (χ4n) is 5.56. The maximum Gasteiger partial charge on any atom is 0.264 e. The van der Waals surface area contributed by atoms with Crippen molar-refractivity contribution in [1.82, 2.24) is 15.1 Å². The van der Waals surface area contributed by atoms with Gasteiger partial charge in [-0.25, -0.2) is 0 Å². The van der Waals surface area contributed by atoms with E-state index in [1.165, 1.54) is 0 Å². The van der Waals surface area contributed by atoms with Gasteiger partial charge in [0.05, 0.1) is 16.8 Å². The van der Waals surface area contributed by atoms with Crippen LogP contribution >= 0.6 is 0 Å². The Balaban J connectivity index is 1.33. The molecule has 2 saturated heterocycles. The number of benzene rings is 1. The van der Waals surface area contributed by atoms with Crippen molar-refractivity contribution in [2.45, 2.75) is 56.7 Å². The van der Waals surface area contributed by atoms with Gasteiger partial charge >= 0.3 is 0 Å². The molecule has 5 rings (SSSR count). The van der Waals surface area contributed by atoms with Crippen LogP contribution in [0.1, 0.15) is 59.2 Å². The zero-order valence-electron chi connectivity index (χ0n) is 18.1. The molecular weight excluding hydrogens is 410 g/mol. The van der Waals surface area contributed by atoms with Crippen LogP contribution in [0.3, 0.4) is 0 Å². The van der Waals surface area contributed by atoms with Gasteiger partial charge in [0.15, 0.2) is 0 Å². The molecule has 1 atom stereocenters. The van der Waals surface area contributed by atoms with E-state index in [1.807, 2.05) is 6.07 Å². The van der Waals surface area contributed by atoms with Crippen molar-refractivity contribution in [3.8, 4) is 0 Å². The Morgan fingerprint density at radius 2 is 1.59 bits per heavy atom. The Bertz CT molecular complexity index is 963. The molecule has 4 aliphatic rings. The Kier molecular flexibility index (Phi) is 5.46. The minimum Gasteiger partial charge on any atom is -0.368 e. The number of nitrogens with two attached hydrogens (primary N) is 1. The third-order valence-electron chi connectivity index (χ3n) is 7.36. The van der Waals surface area contributed by atoms with E-state index in [0.717, 1.165) is 62.4 Å². The smallest absolute Gasteiger partial charge is 0.264 e. The first-order valence-corrected chi connectivity index (χ1v) is 11.5. The average Bonchev–Trinajstić information content (AvgIpc) is 3.05. The van der Waals surface area contributed by atoms with E-state index >= 15 is 0 Å². The summed E-state index contributed by atoms with van der Waals surface area (Å²) in [7, 11) is 0. The lowest BCUT2D eigenvalue weighted by Crippen LogP contribution is -2.54. The topological polar surface area (TPSA) is 116 Å². The molecular formula is C23H29N5O4. The summed E-state index contributed by atoms with van der Waals surface area (Å²) in [4.78, 5) is 55.9. The molecule has 1 aliphatic carbocycles. The highest BCUT2D eigenvalue weighted by molar-refractivity contribution is 6.25. The first-order valence-electron chi connectivity index (χ1n) is 11.5. The normalized spacial score (nSPS) is 29.3. The summed E-state index contributed by atoms with van der Waals surface area (Å²) in [6.07, 6.45) is 4.69. The van der Waals surface area contributed by atoms with E-state index in [0.29, 0.717) is 23.2 Å². The van der Waals surface area contributed by atoms with Crippen LogP contribution in [0.15, 0.2) is 18.2 Å². The van der Waals surface area contributed by atoms with Gasteiger partial charge < -0.3 is 10.6 Å². The second-order valence-electron chi connectivity index (χ2n) is 9.24. The average molecular weight is 440 g/mol. The van der Waals surface area contributed by atoms with E-state index in [1.54, 1.807) is 12.1 Å². The number of imide groups is 2. The number of hydrogen-bond donors (Lipinski definition) is 2. The van der Waals surface area contributed by atoms with Gasteiger partial charge in [0, 0.05) is 44.7 Å². The summed E-state index contributed by atoms with van der Waals surface area (Å²) in [5, 5.41) is 2.24. The minimum absolute atomic E-state index is 0.116. The molecule has 170 valence electrons. The summed E-state index contributed by atoms with van der Waals surface area (Å²) in [6, 6.07) is 5.28. The largest absolute Gasteiger partial charge is 0.368 e. The van der Waals surface area contributed by atoms with Crippen molar-refractivity contribution < 1.29 is 19.2 Å². The van der Waals surface area contributed by atoms with E-state index in [2.05, 4.69) is 15.1 Å². The maximum absolute atomic E-state index is 13.3. The number of anilines is 1. The molecule has 1 saturated carbocycles. The highest BCUT2D eigenvalue weighted by Gasteiger charge is 2.46. The van der Waals surface area contributed by atoms with Crippen molar-refractivity contribution in [1.29, 1.82) is 0 Å². The quantitative estimate of drug-likeness (QED) is 0.658. The summed E-state index contributed by atoms with van der Waals surface area (Å²) >= 11 is 0. The Morgan fingerprint density at radius 1 is 0.875 bits per heavy atom. The highest BCUT2D eigenvalue weighted by atomic mass is 16.2. The number of hydrogen-bond acceptors (Lipinski definition) is 7. The van der Waals surface area contributed by atoms with Crippen molar-refractivity contribution >= 4 is 29.3 Å². The molecule has 9 nitrogen and oxygen atoms in total. The first kappa shape index (κ1) is 21.1. The lowest BCUT2D eigenvalue weighted by atomic mass is 9.90. The standard InChI is InChI=1S/C23H29N5O4/c24-14-4-6-15(7-5-14)26-10-12-27(13-11-26)17-3-1-2-16-20(17)23(32)28(22(16)31)18-8-9-19(29)25-21(18)30/h1-3,14-15,18H,4-13,24H2,(H,25,29,30). The van der Waals surface area contributed by atoms with Gasteiger partial charge in [0.2, 0.25) is 11.8 Å². The summed E-state index contributed by atoms with van der Waals surface area (Å²) in [5.41, 5.74) is 7.51. The third kappa shape index (κ3) is 3.59. The predicted octanol–water partition coefficient (Wildman–Crippen LogP) is 0.480. The summed E-state index contributed by atoms with van der Waals surface area (Å²) in [5.74, 6) is -1.86. The van der Waals surface area contributed by atoms with Crippen LogP contribution in [-0.4, -0.2) is 77.7 Å². The molecule has 1 aromatic carbocycles. The Hall–Kier alpha value is -2.78. The molecule has 1 aromatic rings. The number of nitrogens with one attached hydrogen (secondary N) is 1. The number of piperazine rings is 1. The molecule has 3 fully saturated rings. The number of amides is 4. The number of piperidine rings is 1. The highest BCUT2D eigenvalue weighted by Crippen LogP contribution is 2.35. The molecule has 1 unspecified atom stereocenters. The fourth-order valence-corrected chi connectivity index (χ4v) is 5.56. The van der Waals surface area contributed by atoms with Crippen LogP contribution in [0.4, 0.5) is 5.69 Å². The number of carbonyl (C=O) groups is 4. The monoisotopic (exact) mass is 439 g/mol. The zero-order valence-corrected chi connectivity index (χ0v) is 18.1. The lowest BCUT2D eigenvalue weighted by molar-refractivity contribution is -0.136. The van der Waals surface area contributed by atoms with Gasteiger partial charge in [-0.15, -0.1) is 0 Å². The third-order valence-corrected chi connectivity index (χ3v) is 7.36. The Morgan fingerprint density at radius 3 is 2.28 bits per heavy atom. The van der Waals surface area contributed by atoms with E-state index < -0.39 is 23.8 Å². The van der Waals surface area contributed by atoms with Gasteiger partial charge in [-0.05, 0) is 44.2 Å². The van der Waals surface area contributed by atoms with Crippen LogP contribution in [0.25, 0.3) is 0 Å². The first-order chi connectivity index (χ1) is 15.4. The van der Waals surface area contributed by atoms with Gasteiger partial charge in [0.1, 0.15) is 6.04 Å². The molecule has 3 heterocycles. The number of carbonyl (C=O) groups excluding carboxylic acids is 4. The predicted molar refractivity (Wildman–Crippen MR) is 117 cm³/mol. The number of fused-ring (bicyclic) bond motifs is 1. The van der Waals surface area contributed by atoms with Crippen molar-refractivity contribution in [3.05, 3.63) is 29.3 Å². The maximum atomic E-state index is 13.3. The van der Waals surface area contributed by atoms with Gasteiger partial charge in [-0.1, -0.05) is 6.07 Å². The van der Waals surface area contributed by atoms with Gasteiger partial charge in [-0.3, -0.25) is 34.3 Å². The van der Waals surface area contributed by atoms with Crippen LogP contribution in [-0.2, 0) is 9.59 Å². The van der Waals surface area contributed by atoms with Crippen molar-refractivity contribution in [3.63, 3.8) is 0 Å². The summed E-state index contributed by atoms with van der Waals surface area (Å²) < 4.78 is 0. The Labute approximate surface area is 186 Å². The number of nitrogens with zero attached hydrogens (tertiary/aromatic N) is 3. The molecule has 0 bridgehead atoms. The van der Waals surface area contributed by atoms with Crippen LogP contribution in [0.5, 0.6) is 0 Å². The van der Waals surface area contributed by atoms with E-state index in [-0.39, 0.29) is 18.7 Å². The molecule has 0 spiro atoms. The summed E-state index contributed by atoms with van der Waals surface area (Å²) in [6.45, 7) is 3.36. The zero-order chi connectivity index (χ0) is 22.4. The SMILES string of the molecule is NC1CCC(N2CCN(c3cccc4c3C(=O)N(C3CCC(=O)NC3=O)C4=O)CC2)CC1.